The molecule has 1 aliphatic carbocycles. The predicted octanol–water partition coefficient (Wildman–Crippen LogP) is 4.34. The molecule has 21 heavy (non-hydrogen) atoms. The van der Waals surface area contributed by atoms with Gasteiger partial charge in [0.15, 0.2) is 0 Å². The molecule has 1 aromatic rings. The normalized spacial score (nSPS) is 16.5. The summed E-state index contributed by atoms with van der Waals surface area (Å²) in [5.74, 6) is 0. The average Bonchev–Trinajstić information content (AvgIpc) is 2.54. The van der Waals surface area contributed by atoms with Crippen molar-refractivity contribution in [3.05, 3.63) is 35.4 Å². The third-order valence-corrected chi connectivity index (χ3v) is 4.63. The lowest BCUT2D eigenvalue weighted by Gasteiger charge is -2.33. The summed E-state index contributed by atoms with van der Waals surface area (Å²) in [6.45, 7) is 8.91. The van der Waals surface area contributed by atoms with Crippen molar-refractivity contribution >= 4 is 0 Å². The SMILES string of the molecule is CCCNCc1cccc(CN(CC)C2CCCCC2)c1. The van der Waals surface area contributed by atoms with E-state index >= 15 is 0 Å². The van der Waals surface area contributed by atoms with E-state index in [1.807, 2.05) is 0 Å². The predicted molar refractivity (Wildman–Crippen MR) is 91.4 cm³/mol. The first-order valence-corrected chi connectivity index (χ1v) is 8.86. The van der Waals surface area contributed by atoms with Crippen LogP contribution in [-0.2, 0) is 13.1 Å². The minimum atomic E-state index is 0.811. The Morgan fingerprint density at radius 2 is 1.86 bits per heavy atom. The summed E-state index contributed by atoms with van der Waals surface area (Å²) in [6.07, 6.45) is 8.26. The van der Waals surface area contributed by atoms with E-state index in [0.29, 0.717) is 0 Å². The molecule has 1 saturated carbocycles. The van der Waals surface area contributed by atoms with Crippen LogP contribution in [0.4, 0.5) is 0 Å². The molecular weight excluding hydrogens is 256 g/mol. The molecule has 2 nitrogen and oxygen atoms in total. The highest BCUT2D eigenvalue weighted by Crippen LogP contribution is 2.24. The van der Waals surface area contributed by atoms with Crippen molar-refractivity contribution in [2.45, 2.75) is 71.5 Å². The average molecular weight is 288 g/mol. The first kappa shape index (κ1) is 16.5. The second-order valence-corrected chi connectivity index (χ2v) is 6.35. The minimum Gasteiger partial charge on any atom is -0.313 e. The number of hydrogen-bond donors (Lipinski definition) is 1. The second-order valence-electron chi connectivity index (χ2n) is 6.35. The Balaban J connectivity index is 1.91. The quantitative estimate of drug-likeness (QED) is 0.716. The van der Waals surface area contributed by atoms with Crippen LogP contribution in [0, 0.1) is 0 Å². The maximum Gasteiger partial charge on any atom is 0.0236 e. The van der Waals surface area contributed by atoms with Gasteiger partial charge < -0.3 is 5.32 Å². The van der Waals surface area contributed by atoms with Gasteiger partial charge in [-0.25, -0.2) is 0 Å². The van der Waals surface area contributed by atoms with Crippen molar-refractivity contribution in [2.75, 3.05) is 13.1 Å². The fourth-order valence-corrected chi connectivity index (χ4v) is 3.43. The van der Waals surface area contributed by atoms with Crippen LogP contribution in [0.15, 0.2) is 24.3 Å². The molecule has 1 aromatic carbocycles. The van der Waals surface area contributed by atoms with Gasteiger partial charge in [0.25, 0.3) is 0 Å². The number of benzene rings is 1. The maximum atomic E-state index is 3.50. The van der Waals surface area contributed by atoms with Crippen LogP contribution >= 0.6 is 0 Å². The third-order valence-electron chi connectivity index (χ3n) is 4.63. The first-order valence-electron chi connectivity index (χ1n) is 8.86. The molecule has 0 saturated heterocycles. The highest BCUT2D eigenvalue weighted by atomic mass is 15.1. The van der Waals surface area contributed by atoms with Gasteiger partial charge in [0.05, 0.1) is 0 Å². The van der Waals surface area contributed by atoms with E-state index in [0.717, 1.165) is 25.7 Å². The Bertz CT molecular complexity index is 396. The van der Waals surface area contributed by atoms with Crippen LogP contribution in [0.3, 0.4) is 0 Å². The fraction of sp³-hybridized carbons (Fsp3) is 0.684. The Morgan fingerprint density at radius 3 is 2.57 bits per heavy atom. The summed E-state index contributed by atoms with van der Waals surface area (Å²) in [5.41, 5.74) is 2.89. The molecule has 2 rings (SSSR count). The highest BCUT2D eigenvalue weighted by molar-refractivity contribution is 5.23. The fourth-order valence-electron chi connectivity index (χ4n) is 3.43. The molecule has 0 bridgehead atoms. The van der Waals surface area contributed by atoms with Crippen LogP contribution in [0.25, 0.3) is 0 Å². The molecule has 1 aliphatic rings. The Labute approximate surface area is 130 Å². The van der Waals surface area contributed by atoms with Crippen LogP contribution in [0.1, 0.15) is 63.5 Å². The molecule has 0 heterocycles. The van der Waals surface area contributed by atoms with Crippen molar-refractivity contribution in [1.82, 2.24) is 10.2 Å². The molecule has 0 unspecified atom stereocenters. The summed E-state index contributed by atoms with van der Waals surface area (Å²) in [7, 11) is 0. The molecule has 118 valence electrons. The Hall–Kier alpha value is -0.860. The number of nitrogens with one attached hydrogen (secondary N) is 1. The van der Waals surface area contributed by atoms with E-state index in [2.05, 4.69) is 48.3 Å². The molecule has 0 aliphatic heterocycles. The van der Waals surface area contributed by atoms with Crippen molar-refractivity contribution < 1.29 is 0 Å². The zero-order valence-electron chi connectivity index (χ0n) is 13.9. The number of hydrogen-bond acceptors (Lipinski definition) is 2. The summed E-state index contributed by atoms with van der Waals surface area (Å²) < 4.78 is 0. The standard InChI is InChI=1S/C19H32N2/c1-3-13-20-15-17-9-8-10-18(14-17)16-21(4-2)19-11-6-5-7-12-19/h8-10,14,19-20H,3-7,11-13,15-16H2,1-2H3. The van der Waals surface area contributed by atoms with E-state index in [4.69, 9.17) is 0 Å². The van der Waals surface area contributed by atoms with Crippen molar-refractivity contribution in [3.8, 4) is 0 Å². The molecule has 1 N–H and O–H groups in total. The maximum absolute atomic E-state index is 3.50. The molecule has 0 spiro atoms. The number of rotatable bonds is 8. The monoisotopic (exact) mass is 288 g/mol. The largest absolute Gasteiger partial charge is 0.313 e. The van der Waals surface area contributed by atoms with Crippen LogP contribution in [0.2, 0.25) is 0 Å². The molecule has 0 amide bonds. The third kappa shape index (κ3) is 5.44. The van der Waals surface area contributed by atoms with Crippen molar-refractivity contribution in [2.24, 2.45) is 0 Å². The summed E-state index contributed by atoms with van der Waals surface area (Å²) in [5, 5.41) is 3.50. The van der Waals surface area contributed by atoms with Crippen LogP contribution in [-0.4, -0.2) is 24.0 Å². The molecule has 2 heteroatoms. The zero-order valence-corrected chi connectivity index (χ0v) is 13.9. The van der Waals surface area contributed by atoms with Gasteiger partial charge in [-0.15, -0.1) is 0 Å². The van der Waals surface area contributed by atoms with E-state index in [9.17, 15) is 0 Å². The molecular formula is C19H32N2. The first-order chi connectivity index (χ1) is 10.3. The lowest BCUT2D eigenvalue weighted by Crippen LogP contribution is -2.36. The van der Waals surface area contributed by atoms with Crippen LogP contribution < -0.4 is 5.32 Å². The van der Waals surface area contributed by atoms with Crippen molar-refractivity contribution in [1.29, 1.82) is 0 Å². The van der Waals surface area contributed by atoms with Gasteiger partial charge >= 0.3 is 0 Å². The number of nitrogens with zero attached hydrogens (tertiary/aromatic N) is 1. The highest BCUT2D eigenvalue weighted by Gasteiger charge is 2.19. The van der Waals surface area contributed by atoms with Gasteiger partial charge in [-0.3, -0.25) is 4.90 Å². The van der Waals surface area contributed by atoms with E-state index < -0.39 is 0 Å². The molecule has 0 radical (unpaired) electrons. The Kier molecular flexibility index (Phi) is 7.25. The van der Waals surface area contributed by atoms with Gasteiger partial charge in [0.2, 0.25) is 0 Å². The van der Waals surface area contributed by atoms with Gasteiger partial charge in [-0.05, 0) is 43.5 Å². The van der Waals surface area contributed by atoms with E-state index in [1.54, 1.807) is 0 Å². The summed E-state index contributed by atoms with van der Waals surface area (Å²) in [6, 6.07) is 9.93. The zero-order chi connectivity index (χ0) is 14.9. The smallest absolute Gasteiger partial charge is 0.0236 e. The van der Waals surface area contributed by atoms with Crippen LogP contribution in [0.5, 0.6) is 0 Å². The molecule has 0 atom stereocenters. The van der Waals surface area contributed by atoms with E-state index in [-0.39, 0.29) is 0 Å². The van der Waals surface area contributed by atoms with Gasteiger partial charge in [-0.2, -0.15) is 0 Å². The summed E-state index contributed by atoms with van der Waals surface area (Å²) >= 11 is 0. The lowest BCUT2D eigenvalue weighted by atomic mass is 9.94. The topological polar surface area (TPSA) is 15.3 Å². The van der Waals surface area contributed by atoms with Gasteiger partial charge in [-0.1, -0.05) is 57.4 Å². The van der Waals surface area contributed by atoms with Gasteiger partial charge in [0, 0.05) is 19.1 Å². The molecule has 1 fully saturated rings. The lowest BCUT2D eigenvalue weighted by molar-refractivity contribution is 0.156. The Morgan fingerprint density at radius 1 is 1.10 bits per heavy atom. The summed E-state index contributed by atoms with van der Waals surface area (Å²) in [4.78, 5) is 2.68. The van der Waals surface area contributed by atoms with Gasteiger partial charge in [0.1, 0.15) is 0 Å². The minimum absolute atomic E-state index is 0.811. The van der Waals surface area contributed by atoms with E-state index in [1.165, 1.54) is 56.2 Å². The second kappa shape index (κ2) is 9.22. The molecule has 0 aromatic heterocycles. The van der Waals surface area contributed by atoms with Crippen molar-refractivity contribution in [3.63, 3.8) is 0 Å².